The molecule has 0 N–H and O–H groups in total. The van der Waals surface area contributed by atoms with Crippen LogP contribution < -0.4 is 56.1 Å². The maximum atomic E-state index is 10.5. The Balaban J connectivity index is 0.00000196. The van der Waals surface area contributed by atoms with Crippen LogP contribution in [0, 0.1) is 0 Å². The molecule has 1 atom stereocenters. The average molecular weight is 319 g/mol. The van der Waals surface area contributed by atoms with Gasteiger partial charge in [-0.1, -0.05) is 0 Å². The van der Waals surface area contributed by atoms with Crippen molar-refractivity contribution in [3.8, 4) is 5.75 Å². The van der Waals surface area contributed by atoms with Crippen LogP contribution in [0.3, 0.4) is 0 Å². The van der Waals surface area contributed by atoms with Crippen LogP contribution in [0.2, 0.25) is 0 Å². The monoisotopic (exact) mass is 320 g/mol. The molecule has 0 spiro atoms. The van der Waals surface area contributed by atoms with Gasteiger partial charge in [-0.05, 0) is 0 Å². The Morgan fingerprint density at radius 1 is 1.27 bits per heavy atom. The largest absolute Gasteiger partial charge is 1.00 e. The van der Waals surface area contributed by atoms with E-state index in [2.05, 4.69) is 4.18 Å². The van der Waals surface area contributed by atoms with Crippen molar-refractivity contribution < 1.29 is 69.1 Å². The van der Waals surface area contributed by atoms with E-state index >= 15 is 0 Å². The first-order chi connectivity index (χ1) is 6.58. The fourth-order valence-corrected chi connectivity index (χ4v) is 1.51. The van der Waals surface area contributed by atoms with Gasteiger partial charge in [0.1, 0.15) is 0 Å². The molecular weight excluding hydrogens is 310 g/mol. The van der Waals surface area contributed by atoms with Gasteiger partial charge in [-0.15, -0.1) is 0 Å². The number of rotatable bonds is 5. The number of benzene rings is 1. The Morgan fingerprint density at radius 3 is 2.40 bits per heavy atom. The predicted molar refractivity (Wildman–Crippen MR) is 52.6 cm³/mol. The van der Waals surface area contributed by atoms with Crippen molar-refractivity contribution in [3.63, 3.8) is 0 Å². The van der Waals surface area contributed by atoms with E-state index in [1.807, 2.05) is 32.6 Å². The Labute approximate surface area is 139 Å². The van der Waals surface area contributed by atoms with Crippen LogP contribution in [-0.2, 0) is 12.6 Å². The van der Waals surface area contributed by atoms with Crippen molar-refractivity contribution in [3.05, 3.63) is 30.3 Å². The minimum atomic E-state index is -3.48. The molecule has 0 aromatic heterocycles. The molecular formula is C8H9KO4SSe. The van der Waals surface area contributed by atoms with E-state index in [0.717, 1.165) is 0 Å². The number of ether oxygens (including phenoxy) is 1. The zero-order valence-corrected chi connectivity index (χ0v) is 13.9. The molecule has 0 saturated heterocycles. The summed E-state index contributed by atoms with van der Waals surface area (Å²) in [6.07, 6.45) is 0. The molecule has 0 amide bonds. The summed E-state index contributed by atoms with van der Waals surface area (Å²) in [5, 5.41) is 0. The summed E-state index contributed by atoms with van der Waals surface area (Å²) in [5.74, 6) is 0.689. The molecule has 1 aromatic carbocycles. The van der Waals surface area contributed by atoms with Crippen LogP contribution in [0.15, 0.2) is 30.3 Å². The second kappa shape index (κ2) is 8.35. The Morgan fingerprint density at radius 2 is 1.87 bits per heavy atom. The summed E-state index contributed by atoms with van der Waals surface area (Å²) < 4.78 is 30.7. The zero-order chi connectivity index (χ0) is 10.4. The molecule has 4 nitrogen and oxygen atoms in total. The number of hydrogen-bond acceptors (Lipinski definition) is 4. The van der Waals surface area contributed by atoms with Gasteiger partial charge in [0.2, 0.25) is 0 Å². The van der Waals surface area contributed by atoms with E-state index in [1.54, 1.807) is 12.1 Å². The van der Waals surface area contributed by atoms with Crippen LogP contribution in [0.1, 0.15) is 0 Å². The van der Waals surface area contributed by atoms with Gasteiger partial charge >= 0.3 is 141 Å². The van der Waals surface area contributed by atoms with E-state index in [-0.39, 0.29) is 64.6 Å². The third-order valence-corrected chi connectivity index (χ3v) is 2.38. The topological polar surface area (TPSA) is 58.6 Å². The number of para-hydroxylation sites is 1. The fraction of sp³-hybridized carbons (Fsp3) is 0.250. The maximum Gasteiger partial charge on any atom is 1.00 e. The smallest absolute Gasteiger partial charge is 1.00 e. The second-order valence-electron chi connectivity index (χ2n) is 2.39. The van der Waals surface area contributed by atoms with Crippen LogP contribution in [-0.4, -0.2) is 36.4 Å². The molecule has 0 saturated carbocycles. The molecule has 1 aromatic rings. The van der Waals surface area contributed by atoms with Crippen molar-refractivity contribution >= 4 is 22.8 Å². The van der Waals surface area contributed by atoms with Crippen molar-refractivity contribution in [2.75, 3.05) is 13.2 Å². The Hall–Kier alpha value is 1.25. The van der Waals surface area contributed by atoms with Crippen molar-refractivity contribution in [2.24, 2.45) is 0 Å². The summed E-state index contributed by atoms with van der Waals surface area (Å²) in [6.45, 7) is 0.204. The maximum absolute atomic E-state index is 10.5. The molecule has 0 bridgehead atoms. The van der Waals surface area contributed by atoms with E-state index in [0.29, 0.717) is 5.75 Å². The summed E-state index contributed by atoms with van der Waals surface area (Å²) >= 11 is 1.91. The predicted octanol–water partition coefficient (Wildman–Crippen LogP) is -2.50. The van der Waals surface area contributed by atoms with Gasteiger partial charge in [-0.25, -0.2) is 0 Å². The first kappa shape index (κ1) is 16.2. The molecule has 78 valence electrons. The summed E-state index contributed by atoms with van der Waals surface area (Å²) in [6, 6.07) is 9.11. The molecule has 1 unspecified atom stereocenters. The normalized spacial score (nSPS) is 13.7. The van der Waals surface area contributed by atoms with Crippen molar-refractivity contribution in [1.82, 2.24) is 0 Å². The van der Waals surface area contributed by atoms with Crippen molar-refractivity contribution in [1.29, 1.82) is 0 Å². The Bertz CT molecular complexity index is 367. The van der Waals surface area contributed by atoms with E-state index in [4.69, 9.17) is 4.74 Å². The molecule has 0 radical (unpaired) electrons. The van der Waals surface area contributed by atoms with Gasteiger partial charge in [0, 0.05) is 0 Å². The molecule has 0 aliphatic carbocycles. The van der Waals surface area contributed by atoms with Gasteiger partial charge in [0.25, 0.3) is 0 Å². The van der Waals surface area contributed by atoms with Crippen LogP contribution in [0.25, 0.3) is 0 Å². The first-order valence-electron chi connectivity index (χ1n) is 3.86. The Kier molecular flexibility index (Phi) is 9.05. The zero-order valence-electron chi connectivity index (χ0n) is 8.25. The van der Waals surface area contributed by atoms with Gasteiger partial charge in [0.15, 0.2) is 0 Å². The molecule has 0 aliphatic heterocycles. The van der Waals surface area contributed by atoms with Gasteiger partial charge < -0.3 is 0 Å². The van der Waals surface area contributed by atoms with E-state index < -0.39 is 8.42 Å². The van der Waals surface area contributed by atoms with Gasteiger partial charge in [-0.3, -0.25) is 0 Å². The first-order valence-corrected chi connectivity index (χ1v) is 7.29. The van der Waals surface area contributed by atoms with E-state index in [9.17, 15) is 8.76 Å². The second-order valence-corrected chi connectivity index (χ2v) is 6.01. The minimum Gasteiger partial charge on any atom is 1.00 e. The quantitative estimate of drug-likeness (QED) is 0.445. The van der Waals surface area contributed by atoms with Crippen LogP contribution >= 0.6 is 0 Å². The van der Waals surface area contributed by atoms with Crippen molar-refractivity contribution in [2.45, 2.75) is 0 Å². The molecule has 7 heteroatoms. The molecule has 15 heavy (non-hydrogen) atoms. The van der Waals surface area contributed by atoms with Gasteiger partial charge in [0.05, 0.1) is 0 Å². The van der Waals surface area contributed by atoms with E-state index in [1.165, 1.54) is 0 Å². The third-order valence-electron chi connectivity index (χ3n) is 1.32. The standard InChI is InChI=1S/C8H10O4SSe.K/c9-13(10,14)12-7-6-11-8-4-2-1-3-5-8;/h1-5H,6-7H2,(H,9,10,14);/q;+1/p-1. The SMILES string of the molecule is O=S([O-])(=[Se])OCCOc1ccccc1.[K+]. The average Bonchev–Trinajstić information content (AvgIpc) is 2.13. The van der Waals surface area contributed by atoms with Crippen LogP contribution in [0.4, 0.5) is 0 Å². The van der Waals surface area contributed by atoms with Gasteiger partial charge in [-0.2, -0.15) is 0 Å². The third kappa shape index (κ3) is 8.99. The minimum absolute atomic E-state index is 0. The van der Waals surface area contributed by atoms with Crippen LogP contribution in [0.5, 0.6) is 5.75 Å². The molecule has 1 rings (SSSR count). The number of hydrogen-bond donors (Lipinski definition) is 0. The molecule has 0 fully saturated rings. The molecule has 0 aliphatic rings. The summed E-state index contributed by atoms with van der Waals surface area (Å²) in [5.41, 5.74) is 0. The molecule has 0 heterocycles. The summed E-state index contributed by atoms with van der Waals surface area (Å²) in [4.78, 5) is 0. The fourth-order valence-electron chi connectivity index (χ4n) is 0.812. The summed E-state index contributed by atoms with van der Waals surface area (Å²) in [7, 11) is -3.48.